The van der Waals surface area contributed by atoms with Crippen molar-refractivity contribution < 1.29 is 19.5 Å². The molecule has 0 aliphatic heterocycles. The second kappa shape index (κ2) is 10.2. The fourth-order valence-electron chi connectivity index (χ4n) is 1.72. The minimum Gasteiger partial charge on any atom is -0.481 e. The van der Waals surface area contributed by atoms with E-state index >= 15 is 0 Å². The predicted octanol–water partition coefficient (Wildman–Crippen LogP) is 1.25. The number of nitrogens with one attached hydrogen (secondary N) is 1. The number of carbonyl (C=O) groups excluding carboxylic acids is 2. The summed E-state index contributed by atoms with van der Waals surface area (Å²) in [5.41, 5.74) is 0. The molecule has 0 spiro atoms. The summed E-state index contributed by atoms with van der Waals surface area (Å²) in [5.74, 6) is -1.86. The number of carboxylic acid groups (broad SMARTS) is 1. The first-order valence-corrected chi connectivity index (χ1v) is 7.19. The lowest BCUT2D eigenvalue weighted by atomic mass is 10.2. The molecule has 0 bridgehead atoms. The molecule has 0 aromatic rings. The van der Waals surface area contributed by atoms with Crippen molar-refractivity contribution in [3.8, 4) is 0 Å². The van der Waals surface area contributed by atoms with Gasteiger partial charge in [-0.1, -0.05) is 20.8 Å². The highest BCUT2D eigenvalue weighted by Gasteiger charge is 2.15. The molecule has 0 aromatic heterocycles. The lowest BCUT2D eigenvalue weighted by Crippen LogP contribution is -2.35. The Kier molecular flexibility index (Phi) is 9.41. The number of hydrogen-bond acceptors (Lipinski definition) is 3. The summed E-state index contributed by atoms with van der Waals surface area (Å²) in [7, 11) is 0. The topological polar surface area (TPSA) is 86.7 Å². The van der Waals surface area contributed by atoms with E-state index in [0.717, 1.165) is 12.8 Å². The van der Waals surface area contributed by atoms with Crippen LogP contribution in [0.4, 0.5) is 0 Å². The maximum atomic E-state index is 11.9. The van der Waals surface area contributed by atoms with Crippen molar-refractivity contribution in [1.29, 1.82) is 0 Å². The Hall–Kier alpha value is -1.59. The summed E-state index contributed by atoms with van der Waals surface area (Å²) in [6.07, 6.45) is 2.07. The summed E-state index contributed by atoms with van der Waals surface area (Å²) in [6.45, 7) is 7.06. The third-order valence-electron chi connectivity index (χ3n) is 2.93. The zero-order valence-electron chi connectivity index (χ0n) is 12.6. The van der Waals surface area contributed by atoms with E-state index in [2.05, 4.69) is 5.32 Å². The number of nitrogens with zero attached hydrogens (tertiary/aromatic N) is 1. The first kappa shape index (κ1) is 18.4. The normalized spacial score (nSPS) is 11.8. The molecule has 6 heteroatoms. The minimum absolute atomic E-state index is 0.0184. The highest BCUT2D eigenvalue weighted by Crippen LogP contribution is 2.01. The molecular formula is C14H26N2O4. The van der Waals surface area contributed by atoms with Crippen molar-refractivity contribution in [3.63, 3.8) is 0 Å². The molecule has 0 aromatic carbocycles. The van der Waals surface area contributed by atoms with Gasteiger partial charge in [-0.2, -0.15) is 0 Å². The molecule has 0 rings (SSSR count). The van der Waals surface area contributed by atoms with Crippen LogP contribution in [0.3, 0.4) is 0 Å². The van der Waals surface area contributed by atoms with Crippen LogP contribution < -0.4 is 5.32 Å². The van der Waals surface area contributed by atoms with E-state index < -0.39 is 11.9 Å². The Morgan fingerprint density at radius 1 is 1.10 bits per heavy atom. The summed E-state index contributed by atoms with van der Waals surface area (Å²) < 4.78 is 0. The number of carbonyl (C=O) groups is 3. The number of aliphatic carboxylic acids is 1. The zero-order chi connectivity index (χ0) is 15.5. The Balaban J connectivity index is 4.03. The Morgan fingerprint density at radius 3 is 2.10 bits per heavy atom. The van der Waals surface area contributed by atoms with Gasteiger partial charge >= 0.3 is 5.97 Å². The van der Waals surface area contributed by atoms with Crippen LogP contribution in [-0.4, -0.2) is 47.4 Å². The van der Waals surface area contributed by atoms with Crippen molar-refractivity contribution >= 4 is 17.8 Å². The second-order valence-corrected chi connectivity index (χ2v) is 4.92. The molecule has 0 aliphatic carbocycles. The number of rotatable bonds is 10. The molecule has 20 heavy (non-hydrogen) atoms. The lowest BCUT2D eigenvalue weighted by Gasteiger charge is -2.21. The highest BCUT2D eigenvalue weighted by atomic mass is 16.4. The molecule has 0 radical (unpaired) electrons. The summed E-state index contributed by atoms with van der Waals surface area (Å²) >= 11 is 0. The second-order valence-electron chi connectivity index (χ2n) is 4.92. The van der Waals surface area contributed by atoms with E-state index in [0.29, 0.717) is 13.1 Å². The molecule has 2 N–H and O–H groups in total. The van der Waals surface area contributed by atoms with Crippen LogP contribution in [0.15, 0.2) is 0 Å². The van der Waals surface area contributed by atoms with Crippen molar-refractivity contribution in [2.24, 2.45) is 5.92 Å². The van der Waals surface area contributed by atoms with E-state index in [1.54, 1.807) is 4.90 Å². The highest BCUT2D eigenvalue weighted by molar-refractivity contribution is 5.84. The molecule has 2 amide bonds. The van der Waals surface area contributed by atoms with Gasteiger partial charge in [-0.05, 0) is 12.8 Å². The van der Waals surface area contributed by atoms with Gasteiger partial charge in [0.2, 0.25) is 11.8 Å². The fraction of sp³-hybridized carbons (Fsp3) is 0.786. The van der Waals surface area contributed by atoms with Gasteiger partial charge in [-0.25, -0.2) is 0 Å². The van der Waals surface area contributed by atoms with E-state index in [4.69, 9.17) is 5.11 Å². The molecule has 0 fully saturated rings. The largest absolute Gasteiger partial charge is 0.481 e. The van der Waals surface area contributed by atoms with Gasteiger partial charge in [0.15, 0.2) is 0 Å². The fourth-order valence-corrected chi connectivity index (χ4v) is 1.72. The van der Waals surface area contributed by atoms with Crippen LogP contribution in [0.25, 0.3) is 0 Å². The minimum atomic E-state index is -0.946. The van der Waals surface area contributed by atoms with Crippen molar-refractivity contribution in [2.75, 3.05) is 19.6 Å². The molecule has 0 saturated carbocycles. The molecule has 1 unspecified atom stereocenters. The molecule has 1 atom stereocenters. The standard InChI is InChI=1S/C14H26N2O4/c1-4-8-16(9-5-2)13(18)7-6-12(17)15-10-11(3)14(19)20/h11H,4-10H2,1-3H3,(H,15,17)(H,19,20). The smallest absolute Gasteiger partial charge is 0.308 e. The lowest BCUT2D eigenvalue weighted by molar-refractivity contribution is -0.141. The van der Waals surface area contributed by atoms with Gasteiger partial charge < -0.3 is 15.3 Å². The monoisotopic (exact) mass is 286 g/mol. The summed E-state index contributed by atoms with van der Waals surface area (Å²) in [5, 5.41) is 11.2. The van der Waals surface area contributed by atoms with Crippen LogP contribution in [0.2, 0.25) is 0 Å². The van der Waals surface area contributed by atoms with Crippen molar-refractivity contribution in [2.45, 2.75) is 46.5 Å². The first-order valence-electron chi connectivity index (χ1n) is 7.19. The average Bonchev–Trinajstić information content (AvgIpc) is 2.41. The Bertz CT molecular complexity index is 325. The Labute approximate surface area is 120 Å². The predicted molar refractivity (Wildman–Crippen MR) is 76.2 cm³/mol. The third-order valence-corrected chi connectivity index (χ3v) is 2.93. The summed E-state index contributed by atoms with van der Waals surface area (Å²) in [6, 6.07) is 0. The van der Waals surface area contributed by atoms with Crippen LogP contribution in [0.1, 0.15) is 46.5 Å². The van der Waals surface area contributed by atoms with Crippen molar-refractivity contribution in [3.05, 3.63) is 0 Å². The van der Waals surface area contributed by atoms with Crippen LogP contribution in [0.5, 0.6) is 0 Å². The number of hydrogen-bond donors (Lipinski definition) is 2. The maximum Gasteiger partial charge on any atom is 0.308 e. The van der Waals surface area contributed by atoms with E-state index in [-0.39, 0.29) is 31.2 Å². The number of amides is 2. The third kappa shape index (κ3) is 7.76. The van der Waals surface area contributed by atoms with E-state index in [9.17, 15) is 14.4 Å². The molecule has 116 valence electrons. The van der Waals surface area contributed by atoms with Gasteiger partial charge in [0.1, 0.15) is 0 Å². The molecular weight excluding hydrogens is 260 g/mol. The van der Waals surface area contributed by atoms with Gasteiger partial charge in [0.05, 0.1) is 5.92 Å². The van der Waals surface area contributed by atoms with Gasteiger partial charge in [0.25, 0.3) is 0 Å². The molecule has 6 nitrogen and oxygen atoms in total. The van der Waals surface area contributed by atoms with Crippen LogP contribution >= 0.6 is 0 Å². The quantitative estimate of drug-likeness (QED) is 0.633. The number of carboxylic acids is 1. The molecule has 0 aliphatic rings. The van der Waals surface area contributed by atoms with Gasteiger partial charge in [0, 0.05) is 32.5 Å². The van der Waals surface area contributed by atoms with Gasteiger partial charge in [-0.3, -0.25) is 14.4 Å². The maximum absolute atomic E-state index is 11.9. The molecule has 0 heterocycles. The van der Waals surface area contributed by atoms with Crippen molar-refractivity contribution in [1.82, 2.24) is 10.2 Å². The van der Waals surface area contributed by atoms with Crippen LogP contribution in [-0.2, 0) is 14.4 Å². The molecule has 0 saturated heterocycles. The van der Waals surface area contributed by atoms with Gasteiger partial charge in [-0.15, -0.1) is 0 Å². The van der Waals surface area contributed by atoms with E-state index in [1.165, 1.54) is 6.92 Å². The average molecular weight is 286 g/mol. The van der Waals surface area contributed by atoms with Crippen LogP contribution in [0, 0.1) is 5.92 Å². The first-order chi connectivity index (χ1) is 9.42. The summed E-state index contributed by atoms with van der Waals surface area (Å²) in [4.78, 5) is 35.8. The zero-order valence-corrected chi connectivity index (χ0v) is 12.6. The SMILES string of the molecule is CCCN(CCC)C(=O)CCC(=O)NCC(C)C(=O)O. The Morgan fingerprint density at radius 2 is 1.65 bits per heavy atom. The van der Waals surface area contributed by atoms with E-state index in [1.807, 2.05) is 13.8 Å².